The number of rotatable bonds is 4. The van der Waals surface area contributed by atoms with Gasteiger partial charge in [0.15, 0.2) is 0 Å². The third-order valence-corrected chi connectivity index (χ3v) is 4.26. The van der Waals surface area contributed by atoms with E-state index in [1.165, 1.54) is 24.2 Å². The van der Waals surface area contributed by atoms with E-state index in [-0.39, 0.29) is 0 Å². The minimum Gasteiger partial charge on any atom is -0.333 e. The summed E-state index contributed by atoms with van der Waals surface area (Å²) in [6.07, 6.45) is 7.41. The zero-order valence-corrected chi connectivity index (χ0v) is 11.4. The average Bonchev–Trinajstić information content (AvgIpc) is 3.07. The lowest BCUT2D eigenvalue weighted by molar-refractivity contribution is 0.561. The highest BCUT2D eigenvalue weighted by Gasteiger charge is 2.19. The van der Waals surface area contributed by atoms with Crippen LogP contribution in [0.1, 0.15) is 35.3 Å². The van der Waals surface area contributed by atoms with E-state index < -0.39 is 0 Å². The Kier molecular flexibility index (Phi) is 3.43. The van der Waals surface area contributed by atoms with Crippen LogP contribution in [0.15, 0.2) is 17.9 Å². The Morgan fingerprint density at radius 1 is 1.56 bits per heavy atom. The van der Waals surface area contributed by atoms with E-state index in [0.717, 1.165) is 24.5 Å². The van der Waals surface area contributed by atoms with Crippen LogP contribution in [0.5, 0.6) is 0 Å². The highest BCUT2D eigenvalue weighted by atomic mass is 32.1. The molecule has 0 radical (unpaired) electrons. The molecule has 1 atom stereocenters. The van der Waals surface area contributed by atoms with Gasteiger partial charge in [0.1, 0.15) is 0 Å². The number of nitrogens with zero attached hydrogens (tertiary/aromatic N) is 3. The van der Waals surface area contributed by atoms with Crippen LogP contribution in [0.3, 0.4) is 0 Å². The van der Waals surface area contributed by atoms with Crippen molar-refractivity contribution in [3.8, 4) is 0 Å². The summed E-state index contributed by atoms with van der Waals surface area (Å²) in [6, 6.07) is 0.490. The van der Waals surface area contributed by atoms with E-state index in [0.29, 0.717) is 6.04 Å². The van der Waals surface area contributed by atoms with Crippen molar-refractivity contribution in [3.63, 3.8) is 0 Å². The molecular formula is C13H18N4S. The molecule has 96 valence electrons. The van der Waals surface area contributed by atoms with Crippen LogP contribution in [-0.4, -0.2) is 21.1 Å². The van der Waals surface area contributed by atoms with Gasteiger partial charge in [0.2, 0.25) is 0 Å². The van der Waals surface area contributed by atoms with Gasteiger partial charge in [0.25, 0.3) is 0 Å². The van der Waals surface area contributed by atoms with E-state index >= 15 is 0 Å². The number of aryl methyl sites for hydroxylation is 3. The van der Waals surface area contributed by atoms with Crippen LogP contribution in [0.2, 0.25) is 0 Å². The summed E-state index contributed by atoms with van der Waals surface area (Å²) in [5.74, 6) is 0. The van der Waals surface area contributed by atoms with Crippen LogP contribution < -0.4 is 5.32 Å². The quantitative estimate of drug-likeness (QED) is 0.919. The monoisotopic (exact) mass is 262 g/mol. The van der Waals surface area contributed by atoms with Gasteiger partial charge in [-0.1, -0.05) is 0 Å². The topological polar surface area (TPSA) is 42.7 Å². The van der Waals surface area contributed by atoms with Gasteiger partial charge in [-0.25, -0.2) is 9.97 Å². The van der Waals surface area contributed by atoms with Crippen LogP contribution >= 0.6 is 11.3 Å². The van der Waals surface area contributed by atoms with Crippen molar-refractivity contribution < 1.29 is 0 Å². The third-order valence-electron chi connectivity index (χ3n) is 3.44. The maximum Gasteiger partial charge on any atom is 0.0948 e. The molecule has 0 saturated carbocycles. The molecule has 0 unspecified atom stereocenters. The molecule has 3 heterocycles. The predicted octanol–water partition coefficient (Wildman–Crippen LogP) is 2.32. The molecule has 0 spiro atoms. The van der Waals surface area contributed by atoms with Crippen LogP contribution in [-0.2, 0) is 13.0 Å². The second kappa shape index (κ2) is 5.20. The number of hydrogen-bond acceptors (Lipinski definition) is 4. The molecule has 1 fully saturated rings. The summed E-state index contributed by atoms with van der Waals surface area (Å²) in [6.45, 7) is 4.15. The van der Waals surface area contributed by atoms with Gasteiger partial charge in [-0.2, -0.15) is 0 Å². The summed E-state index contributed by atoms with van der Waals surface area (Å²) in [5.41, 5.74) is 2.51. The van der Waals surface area contributed by atoms with Crippen molar-refractivity contribution in [1.29, 1.82) is 0 Å². The third kappa shape index (κ3) is 2.47. The first kappa shape index (κ1) is 11.9. The lowest BCUT2D eigenvalue weighted by Crippen LogP contribution is -2.17. The van der Waals surface area contributed by atoms with Crippen molar-refractivity contribution in [2.45, 2.75) is 38.8 Å². The molecule has 0 aliphatic carbocycles. The maximum atomic E-state index is 4.51. The predicted molar refractivity (Wildman–Crippen MR) is 72.8 cm³/mol. The molecule has 0 aromatic carbocycles. The number of nitrogens with one attached hydrogen (secondary N) is 1. The summed E-state index contributed by atoms with van der Waals surface area (Å²) in [7, 11) is 0. The Balaban J connectivity index is 1.67. The maximum absolute atomic E-state index is 4.51. The van der Waals surface area contributed by atoms with Gasteiger partial charge in [-0.15, -0.1) is 11.3 Å². The first-order chi connectivity index (χ1) is 8.83. The molecule has 3 rings (SSSR count). The summed E-state index contributed by atoms with van der Waals surface area (Å²) in [5, 5.41) is 6.83. The van der Waals surface area contributed by atoms with E-state index in [1.807, 2.05) is 12.5 Å². The van der Waals surface area contributed by atoms with Crippen molar-refractivity contribution in [2.75, 3.05) is 6.54 Å². The summed E-state index contributed by atoms with van der Waals surface area (Å²) < 4.78 is 2.26. The second-order valence-electron chi connectivity index (χ2n) is 4.77. The van der Waals surface area contributed by atoms with Crippen LogP contribution in [0.4, 0.5) is 0 Å². The highest BCUT2D eigenvalue weighted by Crippen LogP contribution is 2.22. The lowest BCUT2D eigenvalue weighted by atomic mass is 10.1. The van der Waals surface area contributed by atoms with Gasteiger partial charge in [-0.05, 0) is 26.3 Å². The molecule has 4 nitrogen and oxygen atoms in total. The number of aromatic nitrogens is 3. The fourth-order valence-corrected chi connectivity index (χ4v) is 3.15. The molecule has 1 saturated heterocycles. The Morgan fingerprint density at radius 3 is 3.22 bits per heavy atom. The van der Waals surface area contributed by atoms with Crippen molar-refractivity contribution >= 4 is 11.3 Å². The van der Waals surface area contributed by atoms with Crippen LogP contribution in [0, 0.1) is 6.92 Å². The van der Waals surface area contributed by atoms with Crippen molar-refractivity contribution in [3.05, 3.63) is 34.3 Å². The summed E-state index contributed by atoms with van der Waals surface area (Å²) >= 11 is 1.72. The summed E-state index contributed by atoms with van der Waals surface area (Å²) in [4.78, 5) is 8.80. The molecule has 1 N–H and O–H groups in total. The molecule has 0 amide bonds. The first-order valence-corrected chi connectivity index (χ1v) is 7.35. The van der Waals surface area contributed by atoms with E-state index in [2.05, 4.69) is 32.2 Å². The largest absolute Gasteiger partial charge is 0.333 e. The average molecular weight is 262 g/mol. The normalized spacial score (nSPS) is 19.5. The molecule has 2 aromatic rings. The molecule has 2 aromatic heterocycles. The van der Waals surface area contributed by atoms with E-state index in [9.17, 15) is 0 Å². The van der Waals surface area contributed by atoms with Crippen molar-refractivity contribution in [1.82, 2.24) is 19.9 Å². The minimum atomic E-state index is 0.490. The van der Waals surface area contributed by atoms with Crippen LogP contribution in [0.25, 0.3) is 0 Å². The standard InChI is InChI=1S/C13H18N4S/c1-10-16-11(8-18-10)4-6-17-9-14-7-13(17)12-3-2-5-15-12/h7-9,12,15H,2-6H2,1H3/t12-/m0/s1. The van der Waals surface area contributed by atoms with E-state index in [4.69, 9.17) is 0 Å². The number of imidazole rings is 1. The van der Waals surface area contributed by atoms with Crippen molar-refractivity contribution in [2.24, 2.45) is 0 Å². The molecule has 0 bridgehead atoms. The fraction of sp³-hybridized carbons (Fsp3) is 0.538. The van der Waals surface area contributed by atoms with Gasteiger partial charge in [-0.3, -0.25) is 0 Å². The second-order valence-corrected chi connectivity index (χ2v) is 5.83. The van der Waals surface area contributed by atoms with Gasteiger partial charge in [0.05, 0.1) is 22.7 Å². The van der Waals surface area contributed by atoms with Gasteiger partial charge >= 0.3 is 0 Å². The molecule has 1 aliphatic heterocycles. The lowest BCUT2D eigenvalue weighted by Gasteiger charge is -2.13. The minimum absolute atomic E-state index is 0.490. The first-order valence-electron chi connectivity index (χ1n) is 6.47. The Morgan fingerprint density at radius 2 is 2.50 bits per heavy atom. The van der Waals surface area contributed by atoms with Gasteiger partial charge in [0, 0.05) is 30.6 Å². The molecule has 1 aliphatic rings. The fourth-order valence-electron chi connectivity index (χ4n) is 2.50. The molecule has 5 heteroatoms. The Hall–Kier alpha value is -1.20. The highest BCUT2D eigenvalue weighted by molar-refractivity contribution is 7.09. The Labute approximate surface area is 111 Å². The number of thiazole rings is 1. The van der Waals surface area contributed by atoms with E-state index in [1.54, 1.807) is 11.3 Å². The smallest absolute Gasteiger partial charge is 0.0948 e. The molecule has 18 heavy (non-hydrogen) atoms. The van der Waals surface area contributed by atoms with Gasteiger partial charge < -0.3 is 9.88 Å². The number of hydrogen-bond donors (Lipinski definition) is 1. The SMILES string of the molecule is Cc1nc(CCn2cncc2[C@@H]2CCCN2)cs1. The Bertz CT molecular complexity index is 511. The molecular weight excluding hydrogens is 244 g/mol. The zero-order chi connectivity index (χ0) is 12.4. The zero-order valence-electron chi connectivity index (χ0n) is 10.6.